The first-order chi connectivity index (χ1) is 15.7. The standard InChI is InChI=1S/C21H18N4O8/c1-2-32-17-10-12(3-8-16(17)33-11-18(22)26)9-15-19(27)23-21(29)24(20(15)28)13-4-6-14(7-5-13)25(30)31/h3-10H,2,11H2,1H3,(H2,22,26)(H,23,27,29)/b15-9+. The third kappa shape index (κ3) is 5.12. The Kier molecular flexibility index (Phi) is 6.67. The van der Waals surface area contributed by atoms with Gasteiger partial charge in [-0.3, -0.25) is 29.8 Å². The Morgan fingerprint density at radius 3 is 2.42 bits per heavy atom. The second kappa shape index (κ2) is 9.60. The van der Waals surface area contributed by atoms with Crippen LogP contribution in [0, 0.1) is 10.1 Å². The van der Waals surface area contributed by atoms with Gasteiger partial charge in [0.2, 0.25) is 0 Å². The zero-order valence-corrected chi connectivity index (χ0v) is 17.3. The van der Waals surface area contributed by atoms with Crippen LogP contribution in [0.15, 0.2) is 48.0 Å². The maximum atomic E-state index is 13.0. The molecule has 0 unspecified atom stereocenters. The molecule has 12 heteroatoms. The Hall–Kier alpha value is -4.74. The number of amides is 5. The van der Waals surface area contributed by atoms with E-state index in [2.05, 4.69) is 5.32 Å². The summed E-state index contributed by atoms with van der Waals surface area (Å²) in [5.41, 5.74) is 4.94. The molecule has 33 heavy (non-hydrogen) atoms. The van der Waals surface area contributed by atoms with Crippen molar-refractivity contribution >= 4 is 41.2 Å². The minimum atomic E-state index is -0.985. The summed E-state index contributed by atoms with van der Waals surface area (Å²) in [5.74, 6) is -2.01. The fourth-order valence-electron chi connectivity index (χ4n) is 2.93. The van der Waals surface area contributed by atoms with E-state index in [-0.39, 0.29) is 41.7 Å². The van der Waals surface area contributed by atoms with Gasteiger partial charge in [-0.1, -0.05) is 6.07 Å². The van der Waals surface area contributed by atoms with E-state index in [4.69, 9.17) is 15.2 Å². The summed E-state index contributed by atoms with van der Waals surface area (Å²) in [4.78, 5) is 59.5. The van der Waals surface area contributed by atoms with E-state index in [9.17, 15) is 29.3 Å². The van der Waals surface area contributed by atoms with Crippen LogP contribution in [-0.4, -0.2) is 41.9 Å². The molecule has 0 bridgehead atoms. The Balaban J connectivity index is 1.94. The van der Waals surface area contributed by atoms with Crippen LogP contribution in [0.3, 0.4) is 0 Å². The fourth-order valence-corrected chi connectivity index (χ4v) is 2.93. The third-order valence-electron chi connectivity index (χ3n) is 4.37. The number of carbonyl (C=O) groups is 4. The van der Waals surface area contributed by atoms with E-state index in [0.717, 1.165) is 12.1 Å². The number of non-ortho nitro benzene ring substituents is 1. The maximum absolute atomic E-state index is 13.0. The molecule has 1 saturated heterocycles. The van der Waals surface area contributed by atoms with E-state index in [0.29, 0.717) is 10.5 Å². The molecule has 3 rings (SSSR count). The molecule has 0 aliphatic carbocycles. The quantitative estimate of drug-likeness (QED) is 0.262. The van der Waals surface area contributed by atoms with Crippen molar-refractivity contribution in [3.8, 4) is 11.5 Å². The van der Waals surface area contributed by atoms with Crippen molar-refractivity contribution in [2.45, 2.75) is 6.92 Å². The summed E-state index contributed by atoms with van der Waals surface area (Å²) in [7, 11) is 0. The lowest BCUT2D eigenvalue weighted by Gasteiger charge is -2.26. The van der Waals surface area contributed by atoms with E-state index in [1.165, 1.54) is 36.4 Å². The van der Waals surface area contributed by atoms with Crippen LogP contribution < -0.4 is 25.4 Å². The highest BCUT2D eigenvalue weighted by atomic mass is 16.6. The number of hydrogen-bond donors (Lipinski definition) is 2. The normalized spacial score (nSPS) is 14.8. The number of ether oxygens (including phenoxy) is 2. The topological polar surface area (TPSA) is 171 Å². The van der Waals surface area contributed by atoms with Gasteiger partial charge in [0.05, 0.1) is 17.2 Å². The predicted molar refractivity (Wildman–Crippen MR) is 114 cm³/mol. The first kappa shape index (κ1) is 22.9. The van der Waals surface area contributed by atoms with Gasteiger partial charge in [0, 0.05) is 12.1 Å². The summed E-state index contributed by atoms with van der Waals surface area (Å²) in [6.07, 6.45) is 1.25. The molecule has 2 aromatic rings. The van der Waals surface area contributed by atoms with Gasteiger partial charge < -0.3 is 15.2 Å². The van der Waals surface area contributed by atoms with Crippen molar-refractivity contribution < 1.29 is 33.6 Å². The molecule has 12 nitrogen and oxygen atoms in total. The molecule has 1 aliphatic rings. The van der Waals surface area contributed by atoms with Crippen molar-refractivity contribution in [3.05, 3.63) is 63.7 Å². The molecule has 2 aromatic carbocycles. The summed E-state index contributed by atoms with van der Waals surface area (Å²) >= 11 is 0. The second-order valence-corrected chi connectivity index (χ2v) is 6.63. The Bertz CT molecular complexity index is 1170. The number of nitrogens with two attached hydrogens (primary N) is 1. The molecule has 0 radical (unpaired) electrons. The summed E-state index contributed by atoms with van der Waals surface area (Å²) in [5, 5.41) is 12.9. The van der Waals surface area contributed by atoms with Crippen molar-refractivity contribution in [3.63, 3.8) is 0 Å². The van der Waals surface area contributed by atoms with Crippen molar-refractivity contribution in [1.82, 2.24) is 5.32 Å². The van der Waals surface area contributed by atoms with Gasteiger partial charge in [-0.2, -0.15) is 0 Å². The number of nitrogens with zero attached hydrogens (tertiary/aromatic N) is 2. The number of nitro benzene ring substituents is 1. The number of nitrogens with one attached hydrogen (secondary N) is 1. The summed E-state index contributed by atoms with van der Waals surface area (Å²) < 4.78 is 10.8. The summed E-state index contributed by atoms with van der Waals surface area (Å²) in [6.45, 7) is 1.64. The number of hydrogen-bond acceptors (Lipinski definition) is 8. The Labute approximate surface area is 186 Å². The van der Waals surface area contributed by atoms with Crippen LogP contribution in [0.25, 0.3) is 6.08 Å². The number of barbiturate groups is 1. The second-order valence-electron chi connectivity index (χ2n) is 6.63. The van der Waals surface area contributed by atoms with Crippen LogP contribution >= 0.6 is 0 Å². The number of anilines is 1. The molecule has 3 N–H and O–H groups in total. The predicted octanol–water partition coefficient (Wildman–Crippen LogP) is 1.52. The van der Waals surface area contributed by atoms with Gasteiger partial charge in [-0.05, 0) is 42.8 Å². The molecule has 5 amide bonds. The number of urea groups is 1. The molecule has 1 fully saturated rings. The highest BCUT2D eigenvalue weighted by Gasteiger charge is 2.37. The lowest BCUT2D eigenvalue weighted by molar-refractivity contribution is -0.384. The number of carbonyl (C=O) groups excluding carboxylic acids is 4. The smallest absolute Gasteiger partial charge is 0.335 e. The first-order valence-corrected chi connectivity index (χ1v) is 9.55. The minimum Gasteiger partial charge on any atom is -0.490 e. The zero-order chi connectivity index (χ0) is 24.1. The average Bonchev–Trinajstić information content (AvgIpc) is 2.76. The average molecular weight is 454 g/mol. The Morgan fingerprint density at radius 1 is 1.12 bits per heavy atom. The van der Waals surface area contributed by atoms with Gasteiger partial charge >= 0.3 is 6.03 Å². The van der Waals surface area contributed by atoms with Crippen LogP contribution in [0.5, 0.6) is 11.5 Å². The van der Waals surface area contributed by atoms with E-state index >= 15 is 0 Å². The lowest BCUT2D eigenvalue weighted by Crippen LogP contribution is -2.54. The van der Waals surface area contributed by atoms with Crippen molar-refractivity contribution in [2.24, 2.45) is 5.73 Å². The van der Waals surface area contributed by atoms with Crippen molar-refractivity contribution in [2.75, 3.05) is 18.1 Å². The number of primary amides is 1. The number of nitro groups is 1. The molecule has 0 aromatic heterocycles. The van der Waals surface area contributed by atoms with Crippen molar-refractivity contribution in [1.29, 1.82) is 0 Å². The van der Waals surface area contributed by atoms with Gasteiger partial charge in [-0.25, -0.2) is 9.69 Å². The van der Waals surface area contributed by atoms with E-state index in [1.807, 2.05) is 0 Å². The van der Waals surface area contributed by atoms with Crippen LogP contribution in [-0.2, 0) is 14.4 Å². The van der Waals surface area contributed by atoms with Gasteiger partial charge in [0.1, 0.15) is 5.57 Å². The largest absolute Gasteiger partial charge is 0.490 e. The molecular weight excluding hydrogens is 436 g/mol. The van der Waals surface area contributed by atoms with E-state index in [1.54, 1.807) is 6.92 Å². The highest BCUT2D eigenvalue weighted by molar-refractivity contribution is 6.39. The lowest BCUT2D eigenvalue weighted by atomic mass is 10.1. The number of rotatable bonds is 8. The zero-order valence-electron chi connectivity index (χ0n) is 17.3. The highest BCUT2D eigenvalue weighted by Crippen LogP contribution is 2.30. The van der Waals surface area contributed by atoms with Crippen LogP contribution in [0.1, 0.15) is 12.5 Å². The molecular formula is C21H18N4O8. The molecule has 0 spiro atoms. The SMILES string of the molecule is CCOc1cc(/C=C2\C(=O)NC(=O)N(c3ccc([N+](=O)[O-])cc3)C2=O)ccc1OCC(N)=O. The van der Waals surface area contributed by atoms with Gasteiger partial charge in [-0.15, -0.1) is 0 Å². The summed E-state index contributed by atoms with van der Waals surface area (Å²) in [6, 6.07) is 8.21. The number of benzene rings is 2. The monoisotopic (exact) mass is 454 g/mol. The Morgan fingerprint density at radius 2 is 1.82 bits per heavy atom. The van der Waals surface area contributed by atoms with Gasteiger partial charge in [0.15, 0.2) is 18.1 Å². The van der Waals surface area contributed by atoms with Crippen LogP contribution in [0.4, 0.5) is 16.2 Å². The molecule has 0 atom stereocenters. The number of imide groups is 2. The van der Waals surface area contributed by atoms with E-state index < -0.39 is 28.7 Å². The van der Waals surface area contributed by atoms with Gasteiger partial charge in [0.25, 0.3) is 23.4 Å². The molecule has 1 heterocycles. The maximum Gasteiger partial charge on any atom is 0.335 e. The minimum absolute atomic E-state index is 0.0479. The first-order valence-electron chi connectivity index (χ1n) is 9.55. The molecule has 0 saturated carbocycles. The molecule has 170 valence electrons. The third-order valence-corrected chi connectivity index (χ3v) is 4.37. The fraction of sp³-hybridized carbons (Fsp3) is 0.143. The van der Waals surface area contributed by atoms with Crippen LogP contribution in [0.2, 0.25) is 0 Å². The molecule has 1 aliphatic heterocycles.